The van der Waals surface area contributed by atoms with E-state index in [2.05, 4.69) is 15.4 Å². The van der Waals surface area contributed by atoms with Crippen LogP contribution in [0.25, 0.3) is 5.82 Å². The van der Waals surface area contributed by atoms with E-state index < -0.39 is 11.7 Å². The van der Waals surface area contributed by atoms with Gasteiger partial charge in [0.15, 0.2) is 5.82 Å². The summed E-state index contributed by atoms with van der Waals surface area (Å²) < 4.78 is 39.6. The lowest BCUT2D eigenvalue weighted by Crippen LogP contribution is -2.42. The third kappa shape index (κ3) is 4.64. The SMILES string of the molecule is CC(C)c1c(C(=O)NC(CN)C2CC2)cnn1-c1ccc(C(F)(F)F)cn1.Cl. The zero-order valence-electron chi connectivity index (χ0n) is 15.5. The number of aromatic nitrogens is 3. The maximum atomic E-state index is 12.7. The van der Waals surface area contributed by atoms with Crippen molar-refractivity contribution in [2.45, 2.75) is 44.8 Å². The minimum absolute atomic E-state index is 0. The van der Waals surface area contributed by atoms with Gasteiger partial charge in [0.25, 0.3) is 5.91 Å². The number of rotatable bonds is 6. The van der Waals surface area contributed by atoms with Gasteiger partial charge >= 0.3 is 6.18 Å². The molecule has 28 heavy (non-hydrogen) atoms. The van der Waals surface area contributed by atoms with Crippen molar-refractivity contribution in [2.24, 2.45) is 11.7 Å². The predicted octanol–water partition coefficient (Wildman–Crippen LogP) is 3.30. The number of nitrogens with two attached hydrogens (primary N) is 1. The van der Waals surface area contributed by atoms with E-state index in [0.717, 1.165) is 25.1 Å². The Labute approximate surface area is 167 Å². The van der Waals surface area contributed by atoms with Crippen LogP contribution in [0.5, 0.6) is 0 Å². The van der Waals surface area contributed by atoms with Crippen LogP contribution in [0.3, 0.4) is 0 Å². The van der Waals surface area contributed by atoms with E-state index >= 15 is 0 Å². The number of hydrogen-bond donors (Lipinski definition) is 2. The summed E-state index contributed by atoms with van der Waals surface area (Å²) in [6, 6.07) is 2.12. The molecule has 2 heterocycles. The van der Waals surface area contributed by atoms with Crippen molar-refractivity contribution in [2.75, 3.05) is 6.54 Å². The summed E-state index contributed by atoms with van der Waals surface area (Å²) in [5.74, 6) is 0.269. The van der Waals surface area contributed by atoms with Gasteiger partial charge in [-0.25, -0.2) is 9.67 Å². The lowest BCUT2D eigenvalue weighted by atomic mass is 10.0. The van der Waals surface area contributed by atoms with Crippen LogP contribution in [0, 0.1) is 5.92 Å². The first-order chi connectivity index (χ1) is 12.7. The van der Waals surface area contributed by atoms with Crippen LogP contribution in [0.1, 0.15) is 54.2 Å². The predicted molar refractivity (Wildman–Crippen MR) is 101 cm³/mol. The van der Waals surface area contributed by atoms with Crippen LogP contribution in [-0.4, -0.2) is 33.3 Å². The number of pyridine rings is 1. The van der Waals surface area contributed by atoms with Crippen molar-refractivity contribution >= 4 is 18.3 Å². The summed E-state index contributed by atoms with van der Waals surface area (Å²) in [5, 5.41) is 7.14. The van der Waals surface area contributed by atoms with Crippen LogP contribution in [0.2, 0.25) is 0 Å². The number of nitrogens with zero attached hydrogens (tertiary/aromatic N) is 3. The van der Waals surface area contributed by atoms with Gasteiger partial charge in [-0.1, -0.05) is 13.8 Å². The Kier molecular flexibility index (Phi) is 6.71. The Bertz CT molecular complexity index is 816. The Morgan fingerprint density at radius 1 is 1.32 bits per heavy atom. The molecule has 0 spiro atoms. The highest BCUT2D eigenvalue weighted by atomic mass is 35.5. The van der Waals surface area contributed by atoms with Crippen molar-refractivity contribution < 1.29 is 18.0 Å². The second-order valence-electron chi connectivity index (χ2n) is 7.07. The first-order valence-corrected chi connectivity index (χ1v) is 8.84. The number of alkyl halides is 3. The molecule has 1 aliphatic carbocycles. The third-order valence-electron chi connectivity index (χ3n) is 4.65. The van der Waals surface area contributed by atoms with Crippen LogP contribution in [0.15, 0.2) is 24.5 Å². The lowest BCUT2D eigenvalue weighted by Gasteiger charge is -2.17. The van der Waals surface area contributed by atoms with Gasteiger partial charge < -0.3 is 11.1 Å². The van der Waals surface area contributed by atoms with E-state index in [1.54, 1.807) is 0 Å². The number of nitrogens with one attached hydrogen (secondary N) is 1. The summed E-state index contributed by atoms with van der Waals surface area (Å²) in [6.07, 6.45) is -0.174. The minimum atomic E-state index is -4.46. The summed E-state index contributed by atoms with van der Waals surface area (Å²) in [5.41, 5.74) is 5.88. The number of carbonyl (C=O) groups is 1. The highest BCUT2D eigenvalue weighted by molar-refractivity contribution is 5.95. The van der Waals surface area contributed by atoms with E-state index in [1.165, 1.54) is 16.9 Å². The first-order valence-electron chi connectivity index (χ1n) is 8.84. The monoisotopic (exact) mass is 417 g/mol. The average molecular weight is 418 g/mol. The van der Waals surface area contributed by atoms with Gasteiger partial charge in [-0.3, -0.25) is 4.79 Å². The topological polar surface area (TPSA) is 85.8 Å². The summed E-state index contributed by atoms with van der Waals surface area (Å²) in [6.45, 7) is 4.13. The fraction of sp³-hybridized carbons (Fsp3) is 0.500. The summed E-state index contributed by atoms with van der Waals surface area (Å²) >= 11 is 0. The molecule has 1 unspecified atom stereocenters. The third-order valence-corrected chi connectivity index (χ3v) is 4.65. The fourth-order valence-electron chi connectivity index (χ4n) is 3.06. The van der Waals surface area contributed by atoms with Crippen molar-refractivity contribution in [1.29, 1.82) is 0 Å². The molecule has 0 bridgehead atoms. The van der Waals surface area contributed by atoms with E-state index in [4.69, 9.17) is 5.73 Å². The van der Waals surface area contributed by atoms with Gasteiger partial charge in [0.1, 0.15) is 0 Å². The number of hydrogen-bond acceptors (Lipinski definition) is 4. The van der Waals surface area contributed by atoms with Gasteiger partial charge in [0.05, 0.1) is 23.0 Å². The number of carbonyl (C=O) groups excluding carboxylic acids is 1. The van der Waals surface area contributed by atoms with Gasteiger partial charge in [0.2, 0.25) is 0 Å². The molecule has 1 saturated carbocycles. The molecule has 1 aliphatic rings. The summed E-state index contributed by atoms with van der Waals surface area (Å²) in [7, 11) is 0. The molecular weight excluding hydrogens is 395 g/mol. The van der Waals surface area contributed by atoms with Crippen molar-refractivity contribution in [3.63, 3.8) is 0 Å². The number of amides is 1. The van der Waals surface area contributed by atoms with E-state index in [-0.39, 0.29) is 36.1 Å². The highest BCUT2D eigenvalue weighted by Gasteiger charge is 2.33. The second kappa shape index (κ2) is 8.48. The van der Waals surface area contributed by atoms with Crippen LogP contribution >= 0.6 is 12.4 Å². The Hall–Kier alpha value is -2.13. The molecule has 0 aromatic carbocycles. The minimum Gasteiger partial charge on any atom is -0.348 e. The maximum Gasteiger partial charge on any atom is 0.417 e. The van der Waals surface area contributed by atoms with Crippen molar-refractivity contribution in [1.82, 2.24) is 20.1 Å². The van der Waals surface area contributed by atoms with Gasteiger partial charge in [-0.15, -0.1) is 12.4 Å². The van der Waals surface area contributed by atoms with E-state index in [1.807, 2.05) is 13.8 Å². The highest BCUT2D eigenvalue weighted by Crippen LogP contribution is 2.33. The van der Waals surface area contributed by atoms with E-state index in [0.29, 0.717) is 23.7 Å². The molecule has 6 nitrogen and oxygen atoms in total. The first kappa shape index (κ1) is 22.2. The standard InChI is InChI=1S/C18H22F3N5O.ClH/c1-10(2)16-13(17(27)25-14(7-22)11-3-4-11)9-24-26(16)15-6-5-12(8-23-15)18(19,20)21;/h5-6,8-11,14H,3-4,7,22H2,1-2H3,(H,25,27);1H. The molecule has 0 radical (unpaired) electrons. The lowest BCUT2D eigenvalue weighted by molar-refractivity contribution is -0.137. The molecule has 10 heteroatoms. The zero-order chi connectivity index (χ0) is 19.8. The number of halogens is 4. The summed E-state index contributed by atoms with van der Waals surface area (Å²) in [4.78, 5) is 16.6. The van der Waals surface area contributed by atoms with E-state index in [9.17, 15) is 18.0 Å². The van der Waals surface area contributed by atoms with Crippen molar-refractivity contribution in [3.8, 4) is 5.82 Å². The second-order valence-corrected chi connectivity index (χ2v) is 7.07. The molecule has 1 fully saturated rings. The van der Waals surface area contributed by atoms with Crippen LogP contribution < -0.4 is 11.1 Å². The zero-order valence-corrected chi connectivity index (χ0v) is 16.3. The normalized spacial score (nSPS) is 15.2. The molecule has 3 N–H and O–H groups in total. The van der Waals surface area contributed by atoms with Crippen molar-refractivity contribution in [3.05, 3.63) is 41.3 Å². The molecule has 2 aromatic heterocycles. The molecule has 0 saturated heterocycles. The average Bonchev–Trinajstić information content (AvgIpc) is 3.35. The molecule has 3 rings (SSSR count). The largest absolute Gasteiger partial charge is 0.417 e. The fourth-order valence-corrected chi connectivity index (χ4v) is 3.06. The van der Waals surface area contributed by atoms with Gasteiger partial charge in [-0.2, -0.15) is 18.3 Å². The van der Waals surface area contributed by atoms with Crippen LogP contribution in [0.4, 0.5) is 13.2 Å². The van der Waals surface area contributed by atoms with Gasteiger partial charge in [0, 0.05) is 18.8 Å². The molecule has 0 aliphatic heterocycles. The van der Waals surface area contributed by atoms with Gasteiger partial charge in [-0.05, 0) is 36.8 Å². The molecule has 154 valence electrons. The molecule has 1 amide bonds. The quantitative estimate of drug-likeness (QED) is 0.755. The smallest absolute Gasteiger partial charge is 0.348 e. The maximum absolute atomic E-state index is 12.7. The Morgan fingerprint density at radius 3 is 2.46 bits per heavy atom. The molecular formula is C18H23ClF3N5O. The molecule has 2 aromatic rings. The van der Waals surface area contributed by atoms with Crippen LogP contribution in [-0.2, 0) is 6.18 Å². The Balaban J connectivity index is 0.00000280. The Morgan fingerprint density at radius 2 is 2.00 bits per heavy atom. The molecule has 1 atom stereocenters.